The highest BCUT2D eigenvalue weighted by atomic mass is 16.2. The van der Waals surface area contributed by atoms with Crippen LogP contribution in [-0.2, 0) is 9.59 Å². The van der Waals surface area contributed by atoms with Gasteiger partial charge in [-0.3, -0.25) is 9.59 Å². The predicted molar refractivity (Wildman–Crippen MR) is 58.2 cm³/mol. The standard InChI is InChI=1S/C11H20N2O2/c1-6(2)7-9(14)13-8(10(15)12-7)11(3,4)5/h6-8H,1-5H3,(H,12,15)(H,13,14)/t7-,8+/m0/s1. The maximum atomic E-state index is 11.8. The van der Waals surface area contributed by atoms with Crippen LogP contribution in [0.25, 0.3) is 0 Å². The third-order valence-electron chi connectivity index (χ3n) is 2.66. The van der Waals surface area contributed by atoms with Gasteiger partial charge in [-0.1, -0.05) is 34.6 Å². The first-order valence-electron chi connectivity index (χ1n) is 5.34. The van der Waals surface area contributed by atoms with Crippen LogP contribution in [0, 0.1) is 11.3 Å². The predicted octanol–water partition coefficient (Wildman–Crippen LogP) is 0.672. The van der Waals surface area contributed by atoms with Crippen molar-refractivity contribution >= 4 is 11.8 Å². The van der Waals surface area contributed by atoms with Gasteiger partial charge in [0.25, 0.3) is 0 Å². The van der Waals surface area contributed by atoms with Crippen LogP contribution in [-0.4, -0.2) is 23.9 Å². The van der Waals surface area contributed by atoms with Crippen molar-refractivity contribution in [1.82, 2.24) is 10.6 Å². The second-order valence-corrected chi connectivity index (χ2v) is 5.54. The van der Waals surface area contributed by atoms with Gasteiger partial charge in [0.05, 0.1) is 0 Å². The zero-order valence-electron chi connectivity index (χ0n) is 10.0. The minimum Gasteiger partial charge on any atom is -0.342 e. The summed E-state index contributed by atoms with van der Waals surface area (Å²) in [5.41, 5.74) is -0.248. The third-order valence-corrected chi connectivity index (χ3v) is 2.66. The van der Waals surface area contributed by atoms with Crippen LogP contribution >= 0.6 is 0 Å². The fourth-order valence-corrected chi connectivity index (χ4v) is 1.68. The molecular formula is C11H20N2O2. The maximum Gasteiger partial charge on any atom is 0.243 e. The van der Waals surface area contributed by atoms with Gasteiger partial charge in [0, 0.05) is 0 Å². The van der Waals surface area contributed by atoms with Gasteiger partial charge in [-0.25, -0.2) is 0 Å². The number of nitrogens with one attached hydrogen (secondary N) is 2. The van der Waals surface area contributed by atoms with E-state index in [9.17, 15) is 9.59 Å². The van der Waals surface area contributed by atoms with E-state index in [0.29, 0.717) is 0 Å². The lowest BCUT2D eigenvalue weighted by Gasteiger charge is -2.37. The first kappa shape index (κ1) is 12.0. The van der Waals surface area contributed by atoms with Gasteiger partial charge in [-0.05, 0) is 11.3 Å². The number of hydrogen-bond donors (Lipinski definition) is 2. The van der Waals surface area contributed by atoms with E-state index in [4.69, 9.17) is 0 Å². The second-order valence-electron chi connectivity index (χ2n) is 5.54. The minimum absolute atomic E-state index is 0.0791. The molecule has 1 fully saturated rings. The molecule has 0 aliphatic carbocycles. The van der Waals surface area contributed by atoms with Crippen molar-refractivity contribution in [3.63, 3.8) is 0 Å². The van der Waals surface area contributed by atoms with Crippen molar-refractivity contribution < 1.29 is 9.59 Å². The van der Waals surface area contributed by atoms with E-state index < -0.39 is 12.1 Å². The first-order valence-corrected chi connectivity index (χ1v) is 5.34. The van der Waals surface area contributed by atoms with Crippen LogP contribution in [0.1, 0.15) is 34.6 Å². The molecule has 0 aromatic heterocycles. The Morgan fingerprint density at radius 2 is 1.60 bits per heavy atom. The number of amides is 2. The van der Waals surface area contributed by atoms with Crippen LogP contribution in [0.3, 0.4) is 0 Å². The quantitative estimate of drug-likeness (QED) is 0.671. The Balaban J connectivity index is 2.81. The smallest absolute Gasteiger partial charge is 0.243 e. The highest BCUT2D eigenvalue weighted by Crippen LogP contribution is 2.22. The van der Waals surface area contributed by atoms with Gasteiger partial charge in [0.15, 0.2) is 0 Å². The van der Waals surface area contributed by atoms with E-state index in [2.05, 4.69) is 10.6 Å². The van der Waals surface area contributed by atoms with Crippen LogP contribution in [0.5, 0.6) is 0 Å². The normalized spacial score (nSPS) is 27.6. The van der Waals surface area contributed by atoms with E-state index in [0.717, 1.165) is 0 Å². The summed E-state index contributed by atoms with van der Waals surface area (Å²) in [7, 11) is 0. The van der Waals surface area contributed by atoms with E-state index in [1.54, 1.807) is 0 Å². The molecule has 0 saturated carbocycles. The van der Waals surface area contributed by atoms with E-state index in [1.807, 2.05) is 34.6 Å². The zero-order valence-corrected chi connectivity index (χ0v) is 10.0. The van der Waals surface area contributed by atoms with Gasteiger partial charge in [-0.15, -0.1) is 0 Å². The Labute approximate surface area is 90.8 Å². The lowest BCUT2D eigenvalue weighted by molar-refractivity contribution is -0.140. The summed E-state index contributed by atoms with van der Waals surface area (Å²) in [6, 6.07) is -0.823. The average molecular weight is 212 g/mol. The molecule has 1 heterocycles. The summed E-state index contributed by atoms with van der Waals surface area (Å²) in [4.78, 5) is 23.5. The number of piperazine rings is 1. The number of carbonyl (C=O) groups is 2. The van der Waals surface area contributed by atoms with Crippen molar-refractivity contribution in [2.24, 2.45) is 11.3 Å². The molecule has 0 bridgehead atoms. The SMILES string of the molecule is CC(C)[C@@H]1NC(=O)[C@H](C(C)(C)C)NC1=O. The van der Waals surface area contributed by atoms with Crippen LogP contribution in [0.2, 0.25) is 0 Å². The minimum atomic E-state index is -0.431. The lowest BCUT2D eigenvalue weighted by Crippen LogP contribution is -2.66. The van der Waals surface area contributed by atoms with Gasteiger partial charge in [0.1, 0.15) is 12.1 Å². The molecule has 4 nitrogen and oxygen atoms in total. The highest BCUT2D eigenvalue weighted by molar-refractivity contribution is 5.97. The Morgan fingerprint density at radius 1 is 1.07 bits per heavy atom. The van der Waals surface area contributed by atoms with Crippen LogP contribution in [0.4, 0.5) is 0 Å². The fraction of sp³-hybridized carbons (Fsp3) is 0.818. The third kappa shape index (κ3) is 2.49. The highest BCUT2D eigenvalue weighted by Gasteiger charge is 2.40. The molecule has 1 saturated heterocycles. The summed E-state index contributed by atoms with van der Waals surface area (Å²) >= 11 is 0. The summed E-state index contributed by atoms with van der Waals surface area (Å²) in [5, 5.41) is 5.56. The molecule has 2 amide bonds. The molecule has 0 radical (unpaired) electrons. The summed E-state index contributed by atoms with van der Waals surface area (Å²) in [6.07, 6.45) is 0. The molecular weight excluding hydrogens is 192 g/mol. The summed E-state index contributed by atoms with van der Waals surface area (Å²) in [6.45, 7) is 9.65. The molecule has 0 aromatic carbocycles. The zero-order chi connectivity index (χ0) is 11.8. The van der Waals surface area contributed by atoms with E-state index in [-0.39, 0.29) is 23.1 Å². The molecule has 0 aromatic rings. The molecule has 0 spiro atoms. The molecule has 0 unspecified atom stereocenters. The van der Waals surface area contributed by atoms with Gasteiger partial charge < -0.3 is 10.6 Å². The van der Waals surface area contributed by atoms with Crippen LogP contribution < -0.4 is 10.6 Å². The molecule has 2 N–H and O–H groups in total. The largest absolute Gasteiger partial charge is 0.342 e. The molecule has 1 aliphatic rings. The van der Waals surface area contributed by atoms with E-state index >= 15 is 0 Å². The summed E-state index contributed by atoms with van der Waals surface area (Å²) in [5.74, 6) is -0.0415. The van der Waals surface area contributed by atoms with Crippen molar-refractivity contribution in [1.29, 1.82) is 0 Å². The Bertz CT molecular complexity index is 279. The monoisotopic (exact) mass is 212 g/mol. The molecule has 15 heavy (non-hydrogen) atoms. The van der Waals surface area contributed by atoms with Crippen molar-refractivity contribution in [3.8, 4) is 0 Å². The van der Waals surface area contributed by atoms with Crippen LogP contribution in [0.15, 0.2) is 0 Å². The van der Waals surface area contributed by atoms with Crippen molar-refractivity contribution in [2.75, 3.05) is 0 Å². The fourth-order valence-electron chi connectivity index (χ4n) is 1.68. The molecule has 2 atom stereocenters. The topological polar surface area (TPSA) is 58.2 Å². The van der Waals surface area contributed by atoms with Gasteiger partial charge >= 0.3 is 0 Å². The molecule has 1 rings (SSSR count). The van der Waals surface area contributed by atoms with Crippen molar-refractivity contribution in [2.45, 2.75) is 46.7 Å². The number of hydrogen-bond acceptors (Lipinski definition) is 2. The Morgan fingerprint density at radius 3 is 2.00 bits per heavy atom. The number of carbonyl (C=O) groups excluding carboxylic acids is 2. The second kappa shape index (κ2) is 3.83. The van der Waals surface area contributed by atoms with E-state index in [1.165, 1.54) is 0 Å². The molecule has 86 valence electrons. The average Bonchev–Trinajstić information content (AvgIpc) is 2.06. The maximum absolute atomic E-state index is 11.8. The Kier molecular flexibility index (Phi) is 3.07. The molecule has 1 aliphatic heterocycles. The number of rotatable bonds is 1. The summed E-state index contributed by atoms with van der Waals surface area (Å²) < 4.78 is 0. The first-order chi connectivity index (χ1) is 6.73. The lowest BCUT2D eigenvalue weighted by atomic mass is 9.84. The van der Waals surface area contributed by atoms with Crippen molar-refractivity contribution in [3.05, 3.63) is 0 Å². The van der Waals surface area contributed by atoms with Gasteiger partial charge in [-0.2, -0.15) is 0 Å². The van der Waals surface area contributed by atoms with Gasteiger partial charge in [0.2, 0.25) is 11.8 Å². The Hall–Kier alpha value is -1.06. The molecule has 4 heteroatoms.